The van der Waals surface area contributed by atoms with Gasteiger partial charge in [-0.05, 0) is 31.0 Å². The van der Waals surface area contributed by atoms with Crippen LogP contribution in [0.25, 0.3) is 0 Å². The van der Waals surface area contributed by atoms with E-state index < -0.39 is 0 Å². The maximum Gasteiger partial charge on any atom is 0.225 e. The summed E-state index contributed by atoms with van der Waals surface area (Å²) in [5.74, 6) is 0.989. The Morgan fingerprint density at radius 1 is 1.17 bits per heavy atom. The number of guanidine groups is 1. The summed E-state index contributed by atoms with van der Waals surface area (Å²) in [6, 6.07) is 16.6. The molecule has 0 aliphatic carbocycles. The maximum atomic E-state index is 12.1. The number of anilines is 1. The quantitative estimate of drug-likeness (QED) is 0.297. The van der Waals surface area contributed by atoms with Crippen LogP contribution in [-0.2, 0) is 10.2 Å². The summed E-state index contributed by atoms with van der Waals surface area (Å²) in [6.45, 7) is 10.7. The van der Waals surface area contributed by atoms with Gasteiger partial charge in [-0.25, -0.2) is 0 Å². The average molecular weight is 520 g/mol. The van der Waals surface area contributed by atoms with Crippen LogP contribution in [0, 0.1) is 6.92 Å². The molecule has 0 bridgehead atoms. The number of amides is 1. The second kappa shape index (κ2) is 10.8. The predicted octanol–water partition coefficient (Wildman–Crippen LogP) is 4.57. The van der Waals surface area contributed by atoms with Crippen molar-refractivity contribution in [3.8, 4) is 0 Å². The molecule has 0 saturated heterocycles. The monoisotopic (exact) mass is 520 g/mol. The molecule has 1 unspecified atom stereocenters. The smallest absolute Gasteiger partial charge is 0.225 e. The summed E-state index contributed by atoms with van der Waals surface area (Å²) in [5.41, 5.74) is 4.58. The van der Waals surface area contributed by atoms with Gasteiger partial charge in [0.2, 0.25) is 5.91 Å². The third-order valence-corrected chi connectivity index (χ3v) is 5.40. The molecule has 0 aromatic heterocycles. The molecule has 2 aromatic carbocycles. The summed E-state index contributed by atoms with van der Waals surface area (Å²) in [6.07, 6.45) is 0.484. The van der Waals surface area contributed by atoms with E-state index in [9.17, 15) is 4.79 Å². The van der Waals surface area contributed by atoms with Gasteiger partial charge < -0.3 is 16.0 Å². The fraction of sp³-hybridized carbons (Fsp3) is 0.417. The number of aliphatic imine (C=N–C) groups is 1. The zero-order valence-electron chi connectivity index (χ0n) is 18.3. The Hall–Kier alpha value is -2.09. The standard InChI is InChI=1S/C24H32N4O.HI/c1-5-25-23(27-16-24(3,4)19-10-8-9-17(2)13-19)26-15-18-14-22(29)28-21-12-7-6-11-20(18)21;/h6-13,18H,5,14-16H2,1-4H3,(H,28,29)(H2,25,26,27);1H. The van der Waals surface area contributed by atoms with Crippen molar-refractivity contribution >= 4 is 41.5 Å². The number of carbonyl (C=O) groups is 1. The second-order valence-electron chi connectivity index (χ2n) is 8.37. The number of para-hydroxylation sites is 1. The van der Waals surface area contributed by atoms with Gasteiger partial charge >= 0.3 is 0 Å². The fourth-order valence-corrected chi connectivity index (χ4v) is 3.68. The Balaban J connectivity index is 0.00000320. The Morgan fingerprint density at radius 2 is 1.93 bits per heavy atom. The fourth-order valence-electron chi connectivity index (χ4n) is 3.68. The van der Waals surface area contributed by atoms with Crippen molar-refractivity contribution in [3.63, 3.8) is 0 Å². The Labute approximate surface area is 197 Å². The first-order valence-electron chi connectivity index (χ1n) is 10.4. The van der Waals surface area contributed by atoms with Crippen LogP contribution in [0.15, 0.2) is 53.5 Å². The van der Waals surface area contributed by atoms with Gasteiger partial charge in [0.25, 0.3) is 0 Å². The highest BCUT2D eigenvalue weighted by molar-refractivity contribution is 14.0. The van der Waals surface area contributed by atoms with Crippen molar-refractivity contribution in [2.24, 2.45) is 4.99 Å². The topological polar surface area (TPSA) is 65.5 Å². The third-order valence-electron chi connectivity index (χ3n) is 5.40. The van der Waals surface area contributed by atoms with E-state index in [1.165, 1.54) is 16.7 Å². The van der Waals surface area contributed by atoms with E-state index in [4.69, 9.17) is 4.99 Å². The highest BCUT2D eigenvalue weighted by Gasteiger charge is 2.25. The van der Waals surface area contributed by atoms with Crippen LogP contribution in [0.2, 0.25) is 0 Å². The Bertz CT molecular complexity index is 894. The zero-order chi connectivity index (χ0) is 20.9. The summed E-state index contributed by atoms with van der Waals surface area (Å²) < 4.78 is 0. The molecule has 5 nitrogen and oxygen atoms in total. The summed E-state index contributed by atoms with van der Waals surface area (Å²) in [7, 11) is 0. The van der Waals surface area contributed by atoms with Crippen LogP contribution in [-0.4, -0.2) is 31.5 Å². The maximum absolute atomic E-state index is 12.1. The van der Waals surface area contributed by atoms with E-state index in [0.717, 1.165) is 18.2 Å². The zero-order valence-corrected chi connectivity index (χ0v) is 20.6. The SMILES string of the molecule is CCNC(=NCC(C)(C)c1cccc(C)c1)NCC1CC(=O)Nc2ccccc21.I. The summed E-state index contributed by atoms with van der Waals surface area (Å²) in [5, 5.41) is 9.74. The average Bonchev–Trinajstić information content (AvgIpc) is 2.69. The number of hydrogen-bond acceptors (Lipinski definition) is 2. The molecule has 1 amide bonds. The van der Waals surface area contributed by atoms with E-state index in [1.54, 1.807) is 0 Å². The lowest BCUT2D eigenvalue weighted by Crippen LogP contribution is -2.41. The minimum Gasteiger partial charge on any atom is -0.357 e. The van der Waals surface area contributed by atoms with Gasteiger partial charge in [-0.15, -0.1) is 24.0 Å². The number of nitrogens with zero attached hydrogens (tertiary/aromatic N) is 1. The van der Waals surface area contributed by atoms with Gasteiger partial charge in [-0.2, -0.15) is 0 Å². The van der Waals surface area contributed by atoms with Crippen molar-refractivity contribution in [3.05, 3.63) is 65.2 Å². The molecule has 0 spiro atoms. The number of carbonyl (C=O) groups excluding carboxylic acids is 1. The lowest BCUT2D eigenvalue weighted by molar-refractivity contribution is -0.116. The van der Waals surface area contributed by atoms with E-state index >= 15 is 0 Å². The lowest BCUT2D eigenvalue weighted by atomic mass is 9.84. The van der Waals surface area contributed by atoms with Gasteiger partial charge in [0, 0.05) is 36.5 Å². The molecule has 0 fully saturated rings. The van der Waals surface area contributed by atoms with E-state index in [0.29, 0.717) is 19.5 Å². The number of aryl methyl sites for hydroxylation is 1. The molecular formula is C24H33IN4O. The number of rotatable bonds is 6. The molecular weight excluding hydrogens is 487 g/mol. The Morgan fingerprint density at radius 3 is 2.67 bits per heavy atom. The van der Waals surface area contributed by atoms with Crippen LogP contribution in [0.5, 0.6) is 0 Å². The van der Waals surface area contributed by atoms with Crippen LogP contribution in [0.1, 0.15) is 49.8 Å². The normalized spacial score (nSPS) is 16.2. The van der Waals surface area contributed by atoms with Crippen molar-refractivity contribution in [2.45, 2.75) is 45.4 Å². The van der Waals surface area contributed by atoms with Gasteiger partial charge in [-0.3, -0.25) is 9.79 Å². The predicted molar refractivity (Wildman–Crippen MR) is 136 cm³/mol. The van der Waals surface area contributed by atoms with Gasteiger partial charge in [-0.1, -0.05) is 61.9 Å². The van der Waals surface area contributed by atoms with Gasteiger partial charge in [0.1, 0.15) is 0 Å². The van der Waals surface area contributed by atoms with Crippen LogP contribution < -0.4 is 16.0 Å². The lowest BCUT2D eigenvalue weighted by Gasteiger charge is -2.27. The number of nitrogens with one attached hydrogen (secondary N) is 3. The first kappa shape index (κ1) is 24.2. The molecule has 30 heavy (non-hydrogen) atoms. The molecule has 1 heterocycles. The Kier molecular flexibility index (Phi) is 8.70. The molecule has 1 atom stereocenters. The first-order chi connectivity index (χ1) is 13.9. The first-order valence-corrected chi connectivity index (χ1v) is 10.4. The van der Waals surface area contributed by atoms with Crippen molar-refractivity contribution < 1.29 is 4.79 Å². The number of hydrogen-bond donors (Lipinski definition) is 3. The summed E-state index contributed by atoms with van der Waals surface area (Å²) >= 11 is 0. The second-order valence-corrected chi connectivity index (χ2v) is 8.37. The van der Waals surface area contributed by atoms with Crippen molar-refractivity contribution in [1.29, 1.82) is 0 Å². The molecule has 3 rings (SSSR count). The van der Waals surface area contributed by atoms with Crippen LogP contribution in [0.3, 0.4) is 0 Å². The molecule has 0 saturated carbocycles. The van der Waals surface area contributed by atoms with E-state index in [2.05, 4.69) is 74.0 Å². The van der Waals surface area contributed by atoms with Crippen molar-refractivity contribution in [1.82, 2.24) is 10.6 Å². The molecule has 1 aliphatic rings. The minimum absolute atomic E-state index is 0. The minimum atomic E-state index is -0.0638. The number of halogens is 1. The van der Waals surface area contributed by atoms with Crippen LogP contribution in [0.4, 0.5) is 5.69 Å². The summed E-state index contributed by atoms with van der Waals surface area (Å²) in [4.78, 5) is 16.9. The highest BCUT2D eigenvalue weighted by atomic mass is 127. The highest BCUT2D eigenvalue weighted by Crippen LogP contribution is 2.31. The number of benzene rings is 2. The molecule has 162 valence electrons. The van der Waals surface area contributed by atoms with Gasteiger partial charge in [0.05, 0.1) is 6.54 Å². The van der Waals surface area contributed by atoms with E-state index in [1.807, 2.05) is 18.2 Å². The third kappa shape index (κ3) is 6.20. The van der Waals surface area contributed by atoms with Gasteiger partial charge in [0.15, 0.2) is 5.96 Å². The molecule has 0 radical (unpaired) electrons. The van der Waals surface area contributed by atoms with Crippen LogP contribution >= 0.6 is 24.0 Å². The largest absolute Gasteiger partial charge is 0.357 e. The molecule has 3 N–H and O–H groups in total. The molecule has 6 heteroatoms. The van der Waals surface area contributed by atoms with Crippen molar-refractivity contribution in [2.75, 3.05) is 25.0 Å². The molecule has 2 aromatic rings. The van der Waals surface area contributed by atoms with E-state index in [-0.39, 0.29) is 41.2 Å². The molecule has 1 aliphatic heterocycles. The number of fused-ring (bicyclic) bond motifs is 1.